The molecule has 0 fully saturated rings. The number of hydrogen-bond acceptors (Lipinski definition) is 4. The molecule has 0 amide bonds. The van der Waals surface area contributed by atoms with Gasteiger partial charge in [-0.05, 0) is 36.1 Å². The second-order valence-corrected chi connectivity index (χ2v) is 6.01. The minimum Gasteiger partial charge on any atom is -0.313 e. The van der Waals surface area contributed by atoms with E-state index in [9.17, 15) is 10.1 Å². The van der Waals surface area contributed by atoms with E-state index in [0.29, 0.717) is 0 Å². The van der Waals surface area contributed by atoms with Gasteiger partial charge < -0.3 is 5.32 Å². The molecule has 0 bridgehead atoms. The molecule has 4 nitrogen and oxygen atoms in total. The third-order valence-corrected chi connectivity index (χ3v) is 4.13. The zero-order valence-corrected chi connectivity index (χ0v) is 12.7. The number of thioether (sulfide) groups is 1. The van der Waals surface area contributed by atoms with Crippen molar-refractivity contribution >= 4 is 33.4 Å². The second-order valence-electron chi connectivity index (χ2n) is 3.76. The highest BCUT2D eigenvalue weighted by molar-refractivity contribution is 9.10. The highest BCUT2D eigenvalue weighted by atomic mass is 79.9. The molecule has 0 radical (unpaired) electrons. The van der Waals surface area contributed by atoms with E-state index in [1.165, 1.54) is 11.8 Å². The zero-order valence-electron chi connectivity index (χ0n) is 10.3. The van der Waals surface area contributed by atoms with Gasteiger partial charge in [-0.1, -0.05) is 22.9 Å². The summed E-state index contributed by atoms with van der Waals surface area (Å²) in [5.74, 6) is 2.33. The monoisotopic (exact) mass is 332 g/mol. The summed E-state index contributed by atoms with van der Waals surface area (Å²) in [6.45, 7) is 3.86. The van der Waals surface area contributed by atoms with Crippen LogP contribution in [0, 0.1) is 10.1 Å². The molecule has 18 heavy (non-hydrogen) atoms. The first kappa shape index (κ1) is 15.5. The number of benzene rings is 1. The average molecular weight is 333 g/mol. The number of rotatable bonds is 8. The minimum atomic E-state index is -0.385. The third-order valence-electron chi connectivity index (χ3n) is 2.41. The Labute approximate surface area is 120 Å². The summed E-state index contributed by atoms with van der Waals surface area (Å²) in [7, 11) is 0. The Morgan fingerprint density at radius 2 is 2.28 bits per heavy atom. The molecule has 1 N–H and O–H groups in total. The Morgan fingerprint density at radius 1 is 1.50 bits per heavy atom. The van der Waals surface area contributed by atoms with Crippen molar-refractivity contribution in [1.29, 1.82) is 0 Å². The maximum absolute atomic E-state index is 10.6. The molecule has 0 aliphatic carbocycles. The highest BCUT2D eigenvalue weighted by Crippen LogP contribution is 2.22. The molecule has 0 spiro atoms. The van der Waals surface area contributed by atoms with Crippen LogP contribution in [0.3, 0.4) is 0 Å². The quantitative estimate of drug-likeness (QED) is 0.449. The highest BCUT2D eigenvalue weighted by Gasteiger charge is 2.08. The molecule has 0 saturated carbocycles. The van der Waals surface area contributed by atoms with Gasteiger partial charge in [-0.2, -0.15) is 11.8 Å². The van der Waals surface area contributed by atoms with Crippen molar-refractivity contribution < 1.29 is 4.92 Å². The number of nitrogens with one attached hydrogen (secondary N) is 1. The molecule has 0 aliphatic heterocycles. The van der Waals surface area contributed by atoms with E-state index in [2.05, 4.69) is 28.2 Å². The fourth-order valence-corrected chi connectivity index (χ4v) is 2.60. The largest absolute Gasteiger partial charge is 0.313 e. The zero-order chi connectivity index (χ0) is 13.4. The molecule has 1 aromatic rings. The first-order valence-electron chi connectivity index (χ1n) is 5.86. The Kier molecular flexibility index (Phi) is 7.31. The van der Waals surface area contributed by atoms with Crippen LogP contribution in [0.5, 0.6) is 0 Å². The third kappa shape index (κ3) is 5.37. The Bertz CT molecular complexity index is 402. The van der Waals surface area contributed by atoms with Crippen LogP contribution in [0.15, 0.2) is 22.7 Å². The van der Waals surface area contributed by atoms with E-state index in [1.54, 1.807) is 12.1 Å². The Morgan fingerprint density at radius 3 is 2.89 bits per heavy atom. The Balaban J connectivity index is 2.36. The molecule has 0 heterocycles. The van der Waals surface area contributed by atoms with E-state index in [1.807, 2.05) is 11.8 Å². The van der Waals surface area contributed by atoms with Gasteiger partial charge in [-0.15, -0.1) is 0 Å². The van der Waals surface area contributed by atoms with Gasteiger partial charge in [-0.25, -0.2) is 0 Å². The van der Waals surface area contributed by atoms with Crippen LogP contribution in [0.25, 0.3) is 0 Å². The van der Waals surface area contributed by atoms with Crippen molar-refractivity contribution in [3.8, 4) is 0 Å². The van der Waals surface area contributed by atoms with E-state index in [-0.39, 0.29) is 10.6 Å². The summed E-state index contributed by atoms with van der Waals surface area (Å²) in [5, 5.41) is 13.9. The maximum atomic E-state index is 10.6. The number of non-ortho nitro benzene ring substituents is 1. The van der Waals surface area contributed by atoms with Crippen molar-refractivity contribution in [2.75, 3.05) is 18.1 Å². The lowest BCUT2D eigenvalue weighted by atomic mass is 10.2. The summed E-state index contributed by atoms with van der Waals surface area (Å²) >= 11 is 5.30. The number of halogens is 1. The van der Waals surface area contributed by atoms with E-state index < -0.39 is 0 Å². The van der Waals surface area contributed by atoms with Crippen LogP contribution in [0.2, 0.25) is 0 Å². The lowest BCUT2D eigenvalue weighted by Crippen LogP contribution is -2.15. The predicted molar refractivity (Wildman–Crippen MR) is 80.1 cm³/mol. The van der Waals surface area contributed by atoms with Gasteiger partial charge in [0.15, 0.2) is 0 Å². The van der Waals surface area contributed by atoms with Crippen LogP contribution in [-0.4, -0.2) is 23.0 Å². The van der Waals surface area contributed by atoms with E-state index >= 15 is 0 Å². The first-order chi connectivity index (χ1) is 8.65. The Hall–Kier alpha value is -0.590. The average Bonchev–Trinajstić information content (AvgIpc) is 2.35. The van der Waals surface area contributed by atoms with E-state index in [0.717, 1.165) is 35.3 Å². The molecule has 1 rings (SSSR count). The second kappa shape index (κ2) is 8.50. The van der Waals surface area contributed by atoms with Crippen LogP contribution < -0.4 is 5.32 Å². The summed E-state index contributed by atoms with van der Waals surface area (Å²) in [6.07, 6.45) is 1.14. The fourth-order valence-electron chi connectivity index (χ4n) is 1.46. The fraction of sp³-hybridized carbons (Fsp3) is 0.500. The van der Waals surface area contributed by atoms with Crippen molar-refractivity contribution in [1.82, 2.24) is 5.32 Å². The van der Waals surface area contributed by atoms with Crippen molar-refractivity contribution in [2.24, 2.45) is 0 Å². The normalized spacial score (nSPS) is 10.6. The molecule has 0 unspecified atom stereocenters. The standard InChI is InChI=1S/C12H17BrN2O2S/c1-2-18-7-3-6-14-9-10-4-5-11(15(16)17)8-12(10)13/h4-5,8,14H,2-3,6-7,9H2,1H3. The molecule has 0 aliphatic rings. The molecular formula is C12H17BrN2O2S. The van der Waals surface area contributed by atoms with Gasteiger partial charge in [0.25, 0.3) is 5.69 Å². The molecule has 0 aromatic heterocycles. The number of nitro benzene ring substituents is 1. The minimum absolute atomic E-state index is 0.116. The van der Waals surface area contributed by atoms with Crippen LogP contribution >= 0.6 is 27.7 Å². The number of nitro groups is 1. The van der Waals surface area contributed by atoms with Gasteiger partial charge in [0.1, 0.15) is 0 Å². The SMILES string of the molecule is CCSCCCNCc1ccc([N+](=O)[O-])cc1Br. The molecular weight excluding hydrogens is 316 g/mol. The van der Waals surface area contributed by atoms with E-state index in [4.69, 9.17) is 0 Å². The topological polar surface area (TPSA) is 55.2 Å². The predicted octanol–water partition coefficient (Wildman–Crippen LogP) is 3.59. The van der Waals surface area contributed by atoms with Gasteiger partial charge in [0.2, 0.25) is 0 Å². The van der Waals surface area contributed by atoms with Crippen LogP contribution in [-0.2, 0) is 6.54 Å². The van der Waals surface area contributed by atoms with Crippen molar-refractivity contribution in [2.45, 2.75) is 19.9 Å². The van der Waals surface area contributed by atoms with Crippen LogP contribution in [0.4, 0.5) is 5.69 Å². The van der Waals surface area contributed by atoms with Gasteiger partial charge in [0.05, 0.1) is 4.92 Å². The lowest BCUT2D eigenvalue weighted by molar-refractivity contribution is -0.384. The summed E-state index contributed by atoms with van der Waals surface area (Å²) in [5.41, 5.74) is 1.16. The molecule has 1 aromatic carbocycles. The van der Waals surface area contributed by atoms with Crippen molar-refractivity contribution in [3.05, 3.63) is 38.3 Å². The van der Waals surface area contributed by atoms with Gasteiger partial charge in [0, 0.05) is 23.2 Å². The van der Waals surface area contributed by atoms with Crippen LogP contribution in [0.1, 0.15) is 18.9 Å². The first-order valence-corrected chi connectivity index (χ1v) is 7.81. The molecule has 100 valence electrons. The molecule has 6 heteroatoms. The van der Waals surface area contributed by atoms with Gasteiger partial charge in [-0.3, -0.25) is 10.1 Å². The summed E-state index contributed by atoms with van der Waals surface area (Å²) in [4.78, 5) is 10.2. The van der Waals surface area contributed by atoms with Crippen molar-refractivity contribution in [3.63, 3.8) is 0 Å². The summed E-state index contributed by atoms with van der Waals surface area (Å²) < 4.78 is 0.784. The smallest absolute Gasteiger partial charge is 0.270 e. The molecule has 0 atom stereocenters. The maximum Gasteiger partial charge on any atom is 0.270 e. The van der Waals surface area contributed by atoms with Gasteiger partial charge >= 0.3 is 0 Å². The lowest BCUT2D eigenvalue weighted by Gasteiger charge is -2.06. The molecule has 0 saturated heterocycles. The number of nitrogens with zero attached hydrogens (tertiary/aromatic N) is 1. The summed E-state index contributed by atoms with van der Waals surface area (Å²) in [6, 6.07) is 4.87. The number of hydrogen-bond donors (Lipinski definition) is 1.